The van der Waals surface area contributed by atoms with Crippen LogP contribution >= 0.6 is 11.3 Å². The molecule has 1 aliphatic heterocycles. The summed E-state index contributed by atoms with van der Waals surface area (Å²) in [4.78, 5) is 10.3. The quantitative estimate of drug-likeness (QED) is 0.910. The predicted molar refractivity (Wildman–Crippen MR) is 88.3 cm³/mol. The first-order chi connectivity index (χ1) is 10.2. The van der Waals surface area contributed by atoms with Gasteiger partial charge in [0.2, 0.25) is 5.88 Å². The van der Waals surface area contributed by atoms with Gasteiger partial charge < -0.3 is 5.11 Å². The van der Waals surface area contributed by atoms with E-state index in [9.17, 15) is 5.11 Å². The summed E-state index contributed by atoms with van der Waals surface area (Å²) < 4.78 is 1.69. The SMILES string of the molecule is CCc1cccc2c1N=C/C2=C\c1sc(=NC)n(C)c1O. The molecule has 1 aliphatic rings. The van der Waals surface area contributed by atoms with Crippen molar-refractivity contribution in [3.63, 3.8) is 0 Å². The molecule has 0 atom stereocenters. The van der Waals surface area contributed by atoms with Gasteiger partial charge in [0.15, 0.2) is 4.80 Å². The van der Waals surface area contributed by atoms with E-state index in [0.29, 0.717) is 0 Å². The molecule has 0 fully saturated rings. The molecular formula is C16H17N3OS. The summed E-state index contributed by atoms with van der Waals surface area (Å²) in [5, 5.41) is 10.2. The highest BCUT2D eigenvalue weighted by molar-refractivity contribution is 7.10. The lowest BCUT2D eigenvalue weighted by molar-refractivity contribution is 0.427. The number of aromatic hydroxyl groups is 1. The van der Waals surface area contributed by atoms with Crippen molar-refractivity contribution in [2.75, 3.05) is 7.05 Å². The molecular weight excluding hydrogens is 282 g/mol. The summed E-state index contributed by atoms with van der Waals surface area (Å²) in [6.07, 6.45) is 4.81. The Morgan fingerprint density at radius 1 is 1.43 bits per heavy atom. The number of benzene rings is 1. The lowest BCUT2D eigenvalue weighted by Crippen LogP contribution is -2.08. The van der Waals surface area contributed by atoms with Crippen LogP contribution in [0.1, 0.15) is 22.9 Å². The summed E-state index contributed by atoms with van der Waals surface area (Å²) in [6.45, 7) is 2.13. The van der Waals surface area contributed by atoms with Crippen LogP contribution in [-0.4, -0.2) is 22.9 Å². The van der Waals surface area contributed by atoms with Gasteiger partial charge in [-0.05, 0) is 18.1 Å². The van der Waals surface area contributed by atoms with Gasteiger partial charge >= 0.3 is 0 Å². The maximum absolute atomic E-state index is 10.2. The van der Waals surface area contributed by atoms with Crippen LogP contribution in [0.3, 0.4) is 0 Å². The van der Waals surface area contributed by atoms with Crippen LogP contribution in [0.25, 0.3) is 11.6 Å². The molecule has 0 amide bonds. The lowest BCUT2D eigenvalue weighted by Gasteiger charge is -2.04. The maximum atomic E-state index is 10.2. The van der Waals surface area contributed by atoms with E-state index in [1.807, 2.05) is 19.3 Å². The van der Waals surface area contributed by atoms with Crippen molar-refractivity contribution in [2.45, 2.75) is 13.3 Å². The van der Waals surface area contributed by atoms with Gasteiger partial charge in [0.25, 0.3) is 0 Å². The van der Waals surface area contributed by atoms with Gasteiger partial charge in [0, 0.05) is 31.4 Å². The van der Waals surface area contributed by atoms with Gasteiger partial charge in [-0.2, -0.15) is 0 Å². The summed E-state index contributed by atoms with van der Waals surface area (Å²) in [7, 11) is 3.53. The number of nitrogens with zero attached hydrogens (tertiary/aromatic N) is 3. The monoisotopic (exact) mass is 299 g/mol. The molecule has 0 spiro atoms. The molecule has 2 heterocycles. The van der Waals surface area contributed by atoms with Crippen LogP contribution in [0.15, 0.2) is 28.2 Å². The maximum Gasteiger partial charge on any atom is 0.210 e. The van der Waals surface area contributed by atoms with Crippen molar-refractivity contribution in [2.24, 2.45) is 17.0 Å². The summed E-state index contributed by atoms with van der Waals surface area (Å²) in [6, 6.07) is 6.24. The first kappa shape index (κ1) is 13.8. The van der Waals surface area contributed by atoms with Crippen LogP contribution in [0, 0.1) is 0 Å². The molecule has 3 rings (SSSR count). The van der Waals surface area contributed by atoms with E-state index in [0.717, 1.165) is 32.9 Å². The Balaban J connectivity index is 2.12. The van der Waals surface area contributed by atoms with Crippen molar-refractivity contribution in [3.05, 3.63) is 39.0 Å². The van der Waals surface area contributed by atoms with E-state index < -0.39 is 0 Å². The zero-order valence-corrected chi connectivity index (χ0v) is 13.1. The Bertz CT molecular complexity index is 825. The smallest absolute Gasteiger partial charge is 0.210 e. The number of hydrogen-bond donors (Lipinski definition) is 1. The Morgan fingerprint density at radius 3 is 2.90 bits per heavy atom. The van der Waals surface area contributed by atoms with E-state index in [-0.39, 0.29) is 5.88 Å². The molecule has 2 aromatic rings. The van der Waals surface area contributed by atoms with Gasteiger partial charge in [0.05, 0.1) is 10.6 Å². The third-order valence-corrected chi connectivity index (χ3v) is 4.81. The van der Waals surface area contributed by atoms with Crippen molar-refractivity contribution >= 4 is 34.9 Å². The van der Waals surface area contributed by atoms with Crippen molar-refractivity contribution in [3.8, 4) is 5.88 Å². The van der Waals surface area contributed by atoms with E-state index >= 15 is 0 Å². The zero-order chi connectivity index (χ0) is 15.0. The first-order valence-corrected chi connectivity index (χ1v) is 7.67. The zero-order valence-electron chi connectivity index (χ0n) is 12.3. The number of thiazole rings is 1. The molecule has 1 N–H and O–H groups in total. The molecule has 0 radical (unpaired) electrons. The fraction of sp³-hybridized carbons (Fsp3) is 0.250. The standard InChI is InChI=1S/C16H17N3OS/c1-4-10-6-5-7-12-11(9-18-14(10)12)8-13-15(20)19(3)16(17-2)21-13/h5-9,20H,4H2,1-3H3/b11-8+,17-16?. The van der Waals surface area contributed by atoms with Gasteiger partial charge in [0.1, 0.15) is 0 Å². The second kappa shape index (κ2) is 5.33. The fourth-order valence-electron chi connectivity index (χ4n) is 2.48. The predicted octanol–water partition coefficient (Wildman–Crippen LogP) is 3.14. The highest BCUT2D eigenvalue weighted by Gasteiger charge is 2.16. The molecule has 0 saturated heterocycles. The second-order valence-electron chi connectivity index (χ2n) is 4.88. The Labute approximate surface area is 127 Å². The van der Waals surface area contributed by atoms with Crippen molar-refractivity contribution < 1.29 is 5.11 Å². The number of para-hydroxylation sites is 1. The van der Waals surface area contributed by atoms with E-state index in [2.05, 4.69) is 35.1 Å². The highest BCUT2D eigenvalue weighted by Crippen LogP contribution is 2.37. The largest absolute Gasteiger partial charge is 0.493 e. The topological polar surface area (TPSA) is 49.9 Å². The van der Waals surface area contributed by atoms with Crippen LogP contribution < -0.4 is 4.80 Å². The highest BCUT2D eigenvalue weighted by atomic mass is 32.1. The molecule has 4 nitrogen and oxygen atoms in total. The number of aromatic nitrogens is 1. The van der Waals surface area contributed by atoms with Crippen LogP contribution in [0.2, 0.25) is 0 Å². The average molecular weight is 299 g/mol. The van der Waals surface area contributed by atoms with E-state index in [1.165, 1.54) is 16.9 Å². The summed E-state index contributed by atoms with van der Waals surface area (Å²) in [5.41, 5.74) is 4.45. The third-order valence-electron chi connectivity index (χ3n) is 3.65. The molecule has 0 unspecified atom stereocenters. The van der Waals surface area contributed by atoms with Crippen LogP contribution in [0.5, 0.6) is 5.88 Å². The first-order valence-electron chi connectivity index (χ1n) is 6.85. The van der Waals surface area contributed by atoms with Gasteiger partial charge in [-0.1, -0.05) is 36.5 Å². The van der Waals surface area contributed by atoms with Crippen LogP contribution in [0.4, 0.5) is 5.69 Å². The minimum Gasteiger partial charge on any atom is -0.493 e. The lowest BCUT2D eigenvalue weighted by atomic mass is 10.0. The molecule has 0 bridgehead atoms. The second-order valence-corrected chi connectivity index (χ2v) is 5.89. The summed E-state index contributed by atoms with van der Waals surface area (Å²) in [5.74, 6) is 0.238. The molecule has 21 heavy (non-hydrogen) atoms. The fourth-order valence-corrected chi connectivity index (χ4v) is 3.41. The average Bonchev–Trinajstić information content (AvgIpc) is 3.03. The molecule has 0 saturated carbocycles. The number of allylic oxidation sites excluding steroid dienone is 1. The number of aliphatic imine (C=N–C) groups is 1. The van der Waals surface area contributed by atoms with Gasteiger partial charge in [-0.25, -0.2) is 0 Å². The van der Waals surface area contributed by atoms with Gasteiger partial charge in [-0.3, -0.25) is 14.6 Å². The van der Waals surface area contributed by atoms with Crippen LogP contribution in [-0.2, 0) is 13.5 Å². The van der Waals surface area contributed by atoms with E-state index in [4.69, 9.17) is 0 Å². The Kier molecular flexibility index (Phi) is 3.51. The normalized spacial score (nSPS) is 16.0. The Morgan fingerprint density at radius 2 is 2.24 bits per heavy atom. The third kappa shape index (κ3) is 2.23. The number of hydrogen-bond acceptors (Lipinski definition) is 4. The van der Waals surface area contributed by atoms with Crippen molar-refractivity contribution in [1.82, 2.24) is 4.57 Å². The molecule has 1 aromatic carbocycles. The molecule has 1 aromatic heterocycles. The number of aryl methyl sites for hydroxylation is 1. The minimum atomic E-state index is 0.238. The molecule has 5 heteroatoms. The summed E-state index contributed by atoms with van der Waals surface area (Å²) >= 11 is 1.47. The number of rotatable bonds is 2. The minimum absolute atomic E-state index is 0.238. The van der Waals surface area contributed by atoms with Crippen molar-refractivity contribution in [1.29, 1.82) is 0 Å². The van der Waals surface area contributed by atoms with Gasteiger partial charge in [-0.15, -0.1) is 0 Å². The Hall–Kier alpha value is -2.14. The number of fused-ring (bicyclic) bond motifs is 1. The molecule has 0 aliphatic carbocycles. The van der Waals surface area contributed by atoms with E-state index in [1.54, 1.807) is 11.6 Å². The molecule has 108 valence electrons.